The summed E-state index contributed by atoms with van der Waals surface area (Å²) in [5.74, 6) is 0.866. The standard InChI is InChI=1S/C21H34N2O2/c1-16-8-6-9-17(14-16)25-19-11-7-10-18(20(19)24)22-15-21(23(2)3)12-4-5-13-21/h6,8-9,14,18-20,22,24H,4-5,7,10-13,15H2,1-3H3/t18-,19+,20+/m0/s1. The highest BCUT2D eigenvalue weighted by atomic mass is 16.5. The minimum absolute atomic E-state index is 0.119. The molecule has 2 aliphatic carbocycles. The number of aryl methyl sites for hydroxylation is 1. The Hall–Kier alpha value is -1.10. The van der Waals surface area contributed by atoms with Crippen molar-refractivity contribution in [1.82, 2.24) is 10.2 Å². The van der Waals surface area contributed by atoms with E-state index in [1.54, 1.807) is 0 Å². The lowest BCUT2D eigenvalue weighted by Crippen LogP contribution is -2.57. The van der Waals surface area contributed by atoms with Crippen LogP contribution < -0.4 is 10.1 Å². The van der Waals surface area contributed by atoms with Crippen LogP contribution in [-0.2, 0) is 0 Å². The molecule has 0 amide bonds. The van der Waals surface area contributed by atoms with E-state index in [2.05, 4.69) is 37.3 Å². The number of aliphatic hydroxyl groups is 1. The Kier molecular flexibility index (Phi) is 6.03. The lowest BCUT2D eigenvalue weighted by atomic mass is 9.88. The number of ether oxygens (including phenoxy) is 1. The van der Waals surface area contributed by atoms with Gasteiger partial charge in [-0.3, -0.25) is 0 Å². The predicted molar refractivity (Wildman–Crippen MR) is 102 cm³/mol. The normalized spacial score (nSPS) is 29.1. The second-order valence-corrected chi connectivity index (χ2v) is 8.21. The molecule has 2 saturated carbocycles. The van der Waals surface area contributed by atoms with E-state index in [1.165, 1.54) is 31.2 Å². The molecule has 2 fully saturated rings. The van der Waals surface area contributed by atoms with Crippen molar-refractivity contribution >= 4 is 0 Å². The van der Waals surface area contributed by atoms with Crippen molar-refractivity contribution in [2.45, 2.75) is 75.7 Å². The third-order valence-corrected chi connectivity index (χ3v) is 6.25. The van der Waals surface area contributed by atoms with E-state index < -0.39 is 6.10 Å². The summed E-state index contributed by atoms with van der Waals surface area (Å²) < 4.78 is 6.12. The van der Waals surface area contributed by atoms with Crippen molar-refractivity contribution in [2.24, 2.45) is 0 Å². The summed E-state index contributed by atoms with van der Waals surface area (Å²) in [6.45, 7) is 3.02. The van der Waals surface area contributed by atoms with Crippen molar-refractivity contribution in [3.63, 3.8) is 0 Å². The first-order valence-electron chi connectivity index (χ1n) is 9.82. The lowest BCUT2D eigenvalue weighted by Gasteiger charge is -2.41. The molecule has 3 rings (SSSR count). The summed E-state index contributed by atoms with van der Waals surface area (Å²) in [6, 6.07) is 8.23. The molecule has 1 aromatic carbocycles. The van der Waals surface area contributed by atoms with E-state index in [-0.39, 0.29) is 17.7 Å². The van der Waals surface area contributed by atoms with E-state index in [0.29, 0.717) is 0 Å². The van der Waals surface area contributed by atoms with Crippen LogP contribution in [0.5, 0.6) is 5.75 Å². The van der Waals surface area contributed by atoms with E-state index in [9.17, 15) is 5.11 Å². The second-order valence-electron chi connectivity index (χ2n) is 8.21. The van der Waals surface area contributed by atoms with Gasteiger partial charge in [0, 0.05) is 18.1 Å². The number of aliphatic hydroxyl groups excluding tert-OH is 1. The van der Waals surface area contributed by atoms with Gasteiger partial charge < -0.3 is 20.1 Å². The van der Waals surface area contributed by atoms with Gasteiger partial charge in [-0.2, -0.15) is 0 Å². The zero-order chi connectivity index (χ0) is 17.9. The Morgan fingerprint density at radius 2 is 1.96 bits per heavy atom. The van der Waals surface area contributed by atoms with Crippen molar-refractivity contribution < 1.29 is 9.84 Å². The Balaban J connectivity index is 1.59. The van der Waals surface area contributed by atoms with Crippen molar-refractivity contribution in [3.8, 4) is 5.75 Å². The zero-order valence-corrected chi connectivity index (χ0v) is 16.0. The quantitative estimate of drug-likeness (QED) is 0.831. The highest BCUT2D eigenvalue weighted by molar-refractivity contribution is 5.27. The van der Waals surface area contributed by atoms with Gasteiger partial charge in [0.05, 0.1) is 0 Å². The Bertz CT molecular complexity index is 555. The molecule has 0 saturated heterocycles. The average Bonchev–Trinajstić information content (AvgIpc) is 3.06. The molecule has 4 heteroatoms. The number of rotatable bonds is 6. The maximum absolute atomic E-state index is 10.9. The summed E-state index contributed by atoms with van der Waals surface area (Å²) in [5.41, 5.74) is 1.44. The molecular weight excluding hydrogens is 312 g/mol. The predicted octanol–water partition coefficient (Wildman–Crippen LogP) is 3.12. The summed E-state index contributed by atoms with van der Waals surface area (Å²) >= 11 is 0. The van der Waals surface area contributed by atoms with Crippen LogP contribution in [0.25, 0.3) is 0 Å². The van der Waals surface area contributed by atoms with Crippen LogP contribution >= 0.6 is 0 Å². The smallest absolute Gasteiger partial charge is 0.126 e. The number of nitrogens with one attached hydrogen (secondary N) is 1. The van der Waals surface area contributed by atoms with Crippen LogP contribution in [-0.4, -0.2) is 54.4 Å². The molecule has 0 radical (unpaired) electrons. The molecule has 1 aromatic rings. The van der Waals surface area contributed by atoms with E-state index in [4.69, 9.17) is 4.74 Å². The van der Waals surface area contributed by atoms with Crippen molar-refractivity contribution in [2.75, 3.05) is 20.6 Å². The number of benzene rings is 1. The van der Waals surface area contributed by atoms with Crippen LogP contribution in [0.3, 0.4) is 0 Å². The van der Waals surface area contributed by atoms with Crippen molar-refractivity contribution in [3.05, 3.63) is 29.8 Å². The number of hydrogen-bond donors (Lipinski definition) is 2. The van der Waals surface area contributed by atoms with Gasteiger partial charge >= 0.3 is 0 Å². The van der Waals surface area contributed by atoms with E-state index in [0.717, 1.165) is 31.6 Å². The fourth-order valence-electron chi connectivity index (χ4n) is 4.49. The van der Waals surface area contributed by atoms with Gasteiger partial charge in [0.15, 0.2) is 0 Å². The maximum Gasteiger partial charge on any atom is 0.126 e. The third-order valence-electron chi connectivity index (χ3n) is 6.25. The van der Waals surface area contributed by atoms with E-state index in [1.807, 2.05) is 18.2 Å². The van der Waals surface area contributed by atoms with Crippen molar-refractivity contribution in [1.29, 1.82) is 0 Å². The number of hydrogen-bond acceptors (Lipinski definition) is 4. The first-order chi connectivity index (χ1) is 12.0. The summed E-state index contributed by atoms with van der Waals surface area (Å²) in [4.78, 5) is 2.38. The molecule has 4 nitrogen and oxygen atoms in total. The van der Waals surface area contributed by atoms with Gasteiger partial charge in [0.25, 0.3) is 0 Å². The molecule has 0 bridgehead atoms. The number of likely N-dealkylation sites (N-methyl/N-ethyl adjacent to an activating group) is 1. The van der Waals surface area contributed by atoms with Crippen LogP contribution in [0.2, 0.25) is 0 Å². The fourth-order valence-corrected chi connectivity index (χ4v) is 4.49. The molecule has 0 spiro atoms. The molecule has 3 atom stereocenters. The monoisotopic (exact) mass is 346 g/mol. The lowest BCUT2D eigenvalue weighted by molar-refractivity contribution is -0.0188. The molecule has 2 aliphatic rings. The Morgan fingerprint density at radius 1 is 1.20 bits per heavy atom. The van der Waals surface area contributed by atoms with Crippen LogP contribution in [0.1, 0.15) is 50.5 Å². The van der Waals surface area contributed by atoms with Gasteiger partial charge in [-0.25, -0.2) is 0 Å². The molecule has 2 N–H and O–H groups in total. The average molecular weight is 347 g/mol. The van der Waals surface area contributed by atoms with Gasteiger partial charge in [0.1, 0.15) is 18.0 Å². The van der Waals surface area contributed by atoms with Gasteiger partial charge in [-0.05, 0) is 70.8 Å². The first-order valence-corrected chi connectivity index (χ1v) is 9.82. The minimum Gasteiger partial charge on any atom is -0.488 e. The molecule has 25 heavy (non-hydrogen) atoms. The first kappa shape index (κ1) is 18.7. The van der Waals surface area contributed by atoms with Crippen LogP contribution in [0.15, 0.2) is 24.3 Å². The Labute approximate surface area is 152 Å². The van der Waals surface area contributed by atoms with Gasteiger partial charge in [-0.1, -0.05) is 25.0 Å². The third kappa shape index (κ3) is 4.36. The minimum atomic E-state index is -0.449. The highest BCUT2D eigenvalue weighted by Crippen LogP contribution is 2.34. The Morgan fingerprint density at radius 3 is 2.64 bits per heavy atom. The molecule has 0 unspecified atom stereocenters. The zero-order valence-electron chi connectivity index (χ0n) is 16.0. The summed E-state index contributed by atoms with van der Waals surface area (Å²) in [6.07, 6.45) is 7.60. The second kappa shape index (κ2) is 8.07. The van der Waals surface area contributed by atoms with Gasteiger partial charge in [0.2, 0.25) is 0 Å². The van der Waals surface area contributed by atoms with Gasteiger partial charge in [-0.15, -0.1) is 0 Å². The fraction of sp³-hybridized carbons (Fsp3) is 0.714. The molecular formula is C21H34N2O2. The molecule has 140 valence electrons. The largest absolute Gasteiger partial charge is 0.488 e. The van der Waals surface area contributed by atoms with Crippen LogP contribution in [0, 0.1) is 6.92 Å². The molecule has 0 aromatic heterocycles. The number of nitrogens with zero attached hydrogens (tertiary/aromatic N) is 1. The molecule has 0 aliphatic heterocycles. The highest BCUT2D eigenvalue weighted by Gasteiger charge is 2.39. The SMILES string of the molecule is Cc1cccc(O[C@@H]2CCC[C@H](NCC3(N(C)C)CCCC3)[C@H]2O)c1. The van der Waals surface area contributed by atoms with E-state index >= 15 is 0 Å². The summed E-state index contributed by atoms with van der Waals surface area (Å²) in [7, 11) is 4.38. The summed E-state index contributed by atoms with van der Waals surface area (Å²) in [5, 5.41) is 14.5. The molecule has 0 heterocycles. The topological polar surface area (TPSA) is 44.7 Å². The maximum atomic E-state index is 10.9. The van der Waals surface area contributed by atoms with Crippen LogP contribution in [0.4, 0.5) is 0 Å².